The van der Waals surface area contributed by atoms with Gasteiger partial charge in [-0.25, -0.2) is 4.98 Å². The monoisotopic (exact) mass is 454 g/mol. The van der Waals surface area contributed by atoms with E-state index in [9.17, 15) is 4.79 Å². The first-order valence-corrected chi connectivity index (χ1v) is 11.9. The molecule has 2 N–H and O–H groups in total. The zero-order chi connectivity index (χ0) is 22.8. The van der Waals surface area contributed by atoms with Gasteiger partial charge in [0.25, 0.3) is 0 Å². The predicted molar refractivity (Wildman–Crippen MR) is 125 cm³/mol. The summed E-state index contributed by atoms with van der Waals surface area (Å²) in [6, 6.07) is 7.53. The van der Waals surface area contributed by atoms with Gasteiger partial charge in [0.05, 0.1) is 17.7 Å². The van der Waals surface area contributed by atoms with Crippen molar-refractivity contribution in [3.05, 3.63) is 35.4 Å². The molecule has 8 nitrogen and oxygen atoms in total. The minimum atomic E-state index is -0.266. The summed E-state index contributed by atoms with van der Waals surface area (Å²) in [4.78, 5) is 20.1. The lowest BCUT2D eigenvalue weighted by molar-refractivity contribution is -0.131. The number of aromatic nitrogens is 4. The van der Waals surface area contributed by atoms with Gasteiger partial charge in [0.2, 0.25) is 5.91 Å². The molecule has 1 saturated heterocycles. The molecule has 1 fully saturated rings. The number of carbonyl (C=O) groups excluding carboxylic acids is 1. The van der Waals surface area contributed by atoms with Crippen molar-refractivity contribution < 1.29 is 9.53 Å². The van der Waals surface area contributed by atoms with Crippen molar-refractivity contribution in [2.24, 2.45) is 5.92 Å². The zero-order valence-electron chi connectivity index (χ0n) is 19.0. The maximum atomic E-state index is 13.3. The molecule has 0 radical (unpaired) electrons. The highest BCUT2D eigenvalue weighted by atomic mass is 32.2. The average molecular weight is 455 g/mol. The molecule has 0 spiro atoms. The Kier molecular flexibility index (Phi) is 6.55. The molecular formula is C23H30N6O2S. The van der Waals surface area contributed by atoms with Gasteiger partial charge < -0.3 is 9.64 Å². The molecule has 2 aromatic heterocycles. The smallest absolute Gasteiger partial charge is 0.236 e. The fourth-order valence-corrected chi connectivity index (χ4v) is 5.16. The summed E-state index contributed by atoms with van der Waals surface area (Å²) in [6.07, 6.45) is 2.78. The molecule has 0 bridgehead atoms. The van der Waals surface area contributed by atoms with Crippen molar-refractivity contribution in [3.8, 4) is 11.4 Å². The summed E-state index contributed by atoms with van der Waals surface area (Å²) in [6.45, 7) is 7.77. The Labute approximate surface area is 191 Å². The lowest BCUT2D eigenvalue weighted by Crippen LogP contribution is -2.42. The minimum Gasteiger partial charge on any atom is -0.497 e. The van der Waals surface area contributed by atoms with E-state index >= 15 is 0 Å². The number of fused-ring (bicyclic) bond motifs is 1. The Morgan fingerprint density at radius 2 is 2.00 bits per heavy atom. The van der Waals surface area contributed by atoms with Gasteiger partial charge in [-0.3, -0.25) is 19.9 Å². The molecule has 1 atom stereocenters. The second kappa shape index (κ2) is 9.36. The molecule has 3 heterocycles. The molecule has 1 amide bonds. The summed E-state index contributed by atoms with van der Waals surface area (Å²) in [5.41, 5.74) is 2.38. The van der Waals surface area contributed by atoms with Gasteiger partial charge in [-0.1, -0.05) is 25.6 Å². The third kappa shape index (κ3) is 4.26. The number of nitrogens with one attached hydrogen (secondary N) is 2. The van der Waals surface area contributed by atoms with Gasteiger partial charge in [0.1, 0.15) is 11.2 Å². The van der Waals surface area contributed by atoms with E-state index in [-0.39, 0.29) is 11.2 Å². The SMILES string of the molecule is CC[C@H](Sc1nc2n[nH]c(C)c2c(=N)n1-c1ccc(OC)cc1)C(=O)N1CCC(C)CC1. The normalized spacial score (nSPS) is 15.8. The number of likely N-dealkylation sites (tertiary alicyclic amines) is 1. The molecule has 0 saturated carbocycles. The van der Waals surface area contributed by atoms with Gasteiger partial charge in [0, 0.05) is 24.5 Å². The molecule has 3 aromatic rings. The second-order valence-corrected chi connectivity index (χ2v) is 9.52. The van der Waals surface area contributed by atoms with Crippen LogP contribution in [-0.4, -0.2) is 56.0 Å². The lowest BCUT2D eigenvalue weighted by Gasteiger charge is -2.32. The van der Waals surface area contributed by atoms with E-state index in [0.717, 1.165) is 43.1 Å². The average Bonchev–Trinajstić information content (AvgIpc) is 3.18. The van der Waals surface area contributed by atoms with Crippen LogP contribution in [0.25, 0.3) is 16.7 Å². The number of methoxy groups -OCH3 is 1. The molecule has 9 heteroatoms. The van der Waals surface area contributed by atoms with Crippen molar-refractivity contribution in [1.82, 2.24) is 24.6 Å². The van der Waals surface area contributed by atoms with Crippen LogP contribution in [0.2, 0.25) is 0 Å². The van der Waals surface area contributed by atoms with Crippen molar-refractivity contribution in [2.45, 2.75) is 50.4 Å². The highest BCUT2D eigenvalue weighted by Crippen LogP contribution is 2.29. The van der Waals surface area contributed by atoms with E-state index < -0.39 is 0 Å². The molecule has 4 rings (SSSR count). The molecule has 1 aliphatic heterocycles. The maximum absolute atomic E-state index is 13.3. The number of hydrogen-bond donors (Lipinski definition) is 2. The number of amides is 1. The van der Waals surface area contributed by atoms with Gasteiger partial charge in [-0.2, -0.15) is 5.10 Å². The maximum Gasteiger partial charge on any atom is 0.236 e. The number of ether oxygens (including phenoxy) is 1. The zero-order valence-corrected chi connectivity index (χ0v) is 19.8. The number of rotatable bonds is 6. The van der Waals surface area contributed by atoms with Crippen LogP contribution >= 0.6 is 11.8 Å². The third-order valence-corrected chi connectivity index (χ3v) is 7.41. The van der Waals surface area contributed by atoms with Crippen LogP contribution < -0.4 is 10.2 Å². The van der Waals surface area contributed by atoms with Crippen LogP contribution in [0.5, 0.6) is 5.75 Å². The van der Waals surface area contributed by atoms with Crippen LogP contribution in [0.1, 0.15) is 38.8 Å². The number of thioether (sulfide) groups is 1. The van der Waals surface area contributed by atoms with Crippen molar-refractivity contribution >= 4 is 28.7 Å². The van der Waals surface area contributed by atoms with Crippen LogP contribution in [0.3, 0.4) is 0 Å². The number of carbonyl (C=O) groups is 1. The summed E-state index contributed by atoms with van der Waals surface area (Å²) >= 11 is 1.42. The van der Waals surface area contributed by atoms with E-state index in [1.807, 2.05) is 43.0 Å². The van der Waals surface area contributed by atoms with Crippen molar-refractivity contribution in [3.63, 3.8) is 0 Å². The Morgan fingerprint density at radius 1 is 1.31 bits per heavy atom. The van der Waals surface area contributed by atoms with Gasteiger partial charge >= 0.3 is 0 Å². The molecular weight excluding hydrogens is 424 g/mol. The Bertz CT molecular complexity index is 1160. The van der Waals surface area contributed by atoms with Crippen LogP contribution in [0.15, 0.2) is 29.4 Å². The fraction of sp³-hybridized carbons (Fsp3) is 0.478. The van der Waals surface area contributed by atoms with Crippen molar-refractivity contribution in [1.29, 1.82) is 5.41 Å². The number of aromatic amines is 1. The lowest BCUT2D eigenvalue weighted by atomic mass is 9.99. The van der Waals surface area contributed by atoms with Crippen LogP contribution in [-0.2, 0) is 4.79 Å². The first kappa shape index (κ1) is 22.4. The number of benzene rings is 1. The molecule has 32 heavy (non-hydrogen) atoms. The highest BCUT2D eigenvalue weighted by molar-refractivity contribution is 8.00. The summed E-state index contributed by atoms with van der Waals surface area (Å²) in [5.74, 6) is 1.56. The Balaban J connectivity index is 1.74. The number of hydrogen-bond acceptors (Lipinski definition) is 6. The molecule has 0 aliphatic carbocycles. The van der Waals surface area contributed by atoms with Crippen LogP contribution in [0.4, 0.5) is 0 Å². The highest BCUT2D eigenvalue weighted by Gasteiger charge is 2.29. The van der Waals surface area contributed by atoms with Crippen molar-refractivity contribution in [2.75, 3.05) is 20.2 Å². The van der Waals surface area contributed by atoms with Gasteiger partial charge in [0.15, 0.2) is 10.8 Å². The fourth-order valence-electron chi connectivity index (χ4n) is 4.05. The quantitative estimate of drug-likeness (QED) is 0.437. The number of nitrogens with zero attached hydrogens (tertiary/aromatic N) is 4. The Hall–Kier alpha value is -2.81. The first-order valence-electron chi connectivity index (χ1n) is 11.0. The summed E-state index contributed by atoms with van der Waals surface area (Å²) < 4.78 is 7.08. The number of piperidine rings is 1. The first-order chi connectivity index (χ1) is 15.4. The van der Waals surface area contributed by atoms with E-state index in [2.05, 4.69) is 17.1 Å². The summed E-state index contributed by atoms with van der Waals surface area (Å²) in [5, 5.41) is 17.1. The predicted octanol–water partition coefficient (Wildman–Crippen LogP) is 3.67. The molecule has 170 valence electrons. The van der Waals surface area contributed by atoms with Gasteiger partial charge in [-0.15, -0.1) is 0 Å². The topological polar surface area (TPSA) is 99.9 Å². The standard InChI is InChI=1S/C23H30N6O2S/c1-5-18(22(30)28-12-10-14(2)11-13-28)32-23-25-21-19(15(3)26-27-21)20(24)29(23)16-6-8-17(31-4)9-7-16/h6-9,14,18,24H,5,10-13H2,1-4H3,(H,26,27)/t18-/m0/s1. The molecule has 0 unspecified atom stereocenters. The molecule has 1 aromatic carbocycles. The van der Waals surface area contributed by atoms with E-state index in [0.29, 0.717) is 34.0 Å². The Morgan fingerprint density at radius 3 is 2.62 bits per heavy atom. The van der Waals surface area contributed by atoms with Crippen LogP contribution in [0, 0.1) is 18.3 Å². The van der Waals surface area contributed by atoms with E-state index in [4.69, 9.17) is 15.1 Å². The largest absolute Gasteiger partial charge is 0.497 e. The minimum absolute atomic E-state index is 0.150. The number of H-pyrrole nitrogens is 1. The van der Waals surface area contributed by atoms with Gasteiger partial charge in [-0.05, 0) is 56.4 Å². The third-order valence-electron chi connectivity index (χ3n) is 6.10. The second-order valence-electron chi connectivity index (χ2n) is 8.35. The van der Waals surface area contributed by atoms with E-state index in [1.54, 1.807) is 11.7 Å². The summed E-state index contributed by atoms with van der Waals surface area (Å²) in [7, 11) is 1.63. The van der Waals surface area contributed by atoms with E-state index in [1.165, 1.54) is 11.8 Å². The molecule has 1 aliphatic rings. The number of aryl methyl sites for hydroxylation is 1.